The Bertz CT molecular complexity index is 803. The highest BCUT2D eigenvalue weighted by atomic mass is 16.6. The SMILES string of the molecule is O=[N+]([O-])c1ccc(NCc2ccc(Oc3ccccc3)nc2)cc1. The first kappa shape index (κ1) is 15.5. The minimum absolute atomic E-state index is 0.0737. The molecule has 0 atom stereocenters. The van der Waals surface area contributed by atoms with Crippen molar-refractivity contribution >= 4 is 11.4 Å². The van der Waals surface area contributed by atoms with Crippen molar-refractivity contribution in [1.29, 1.82) is 0 Å². The second-order valence-electron chi connectivity index (χ2n) is 5.08. The Labute approximate surface area is 138 Å². The van der Waals surface area contributed by atoms with Crippen molar-refractivity contribution in [2.24, 2.45) is 0 Å². The third-order valence-corrected chi connectivity index (χ3v) is 3.34. The molecule has 0 aliphatic rings. The van der Waals surface area contributed by atoms with E-state index in [1.807, 2.05) is 36.4 Å². The van der Waals surface area contributed by atoms with Gasteiger partial charge in [-0.1, -0.05) is 24.3 Å². The van der Waals surface area contributed by atoms with E-state index in [-0.39, 0.29) is 5.69 Å². The van der Waals surface area contributed by atoms with E-state index in [2.05, 4.69) is 10.3 Å². The monoisotopic (exact) mass is 321 g/mol. The quantitative estimate of drug-likeness (QED) is 0.538. The van der Waals surface area contributed by atoms with E-state index in [9.17, 15) is 10.1 Å². The van der Waals surface area contributed by atoms with E-state index in [0.717, 1.165) is 17.0 Å². The molecule has 1 heterocycles. The molecule has 0 spiro atoms. The number of ether oxygens (including phenoxy) is 1. The van der Waals surface area contributed by atoms with Gasteiger partial charge >= 0.3 is 0 Å². The highest BCUT2D eigenvalue weighted by molar-refractivity contribution is 5.48. The lowest BCUT2D eigenvalue weighted by Crippen LogP contribution is -2.00. The summed E-state index contributed by atoms with van der Waals surface area (Å²) in [6, 6.07) is 19.5. The fourth-order valence-electron chi connectivity index (χ4n) is 2.09. The minimum atomic E-state index is -0.417. The third-order valence-electron chi connectivity index (χ3n) is 3.34. The molecule has 0 amide bonds. The molecule has 0 unspecified atom stereocenters. The zero-order valence-corrected chi connectivity index (χ0v) is 12.8. The molecule has 0 saturated carbocycles. The number of nitrogens with zero attached hydrogens (tertiary/aromatic N) is 2. The van der Waals surface area contributed by atoms with Gasteiger partial charge in [0, 0.05) is 36.6 Å². The Hall–Kier alpha value is -3.41. The van der Waals surface area contributed by atoms with Crippen LogP contribution in [0.1, 0.15) is 5.56 Å². The van der Waals surface area contributed by atoms with Crippen LogP contribution >= 0.6 is 0 Å². The summed E-state index contributed by atoms with van der Waals surface area (Å²) in [6.07, 6.45) is 1.73. The molecule has 3 aromatic rings. The van der Waals surface area contributed by atoms with Crippen molar-refractivity contribution in [3.05, 3.63) is 88.6 Å². The molecular formula is C18H15N3O3. The topological polar surface area (TPSA) is 77.3 Å². The second kappa shape index (κ2) is 7.23. The van der Waals surface area contributed by atoms with E-state index in [1.165, 1.54) is 12.1 Å². The molecule has 0 bridgehead atoms. The fourth-order valence-corrected chi connectivity index (χ4v) is 2.09. The molecule has 0 aliphatic heterocycles. The first-order valence-corrected chi connectivity index (χ1v) is 7.37. The van der Waals surface area contributed by atoms with Crippen molar-refractivity contribution < 1.29 is 9.66 Å². The highest BCUT2D eigenvalue weighted by Crippen LogP contribution is 2.19. The number of nitro benzene ring substituents is 1. The molecule has 0 aliphatic carbocycles. The van der Waals surface area contributed by atoms with Gasteiger partial charge in [0.15, 0.2) is 0 Å². The lowest BCUT2D eigenvalue weighted by Gasteiger charge is -2.08. The average molecular weight is 321 g/mol. The number of pyridine rings is 1. The van der Waals surface area contributed by atoms with Crippen LogP contribution in [-0.4, -0.2) is 9.91 Å². The van der Waals surface area contributed by atoms with Crippen molar-refractivity contribution in [3.63, 3.8) is 0 Å². The number of non-ortho nitro benzene ring substituents is 1. The zero-order valence-electron chi connectivity index (χ0n) is 12.8. The van der Waals surface area contributed by atoms with Gasteiger partial charge in [0.25, 0.3) is 5.69 Å². The number of nitrogens with one attached hydrogen (secondary N) is 1. The molecule has 120 valence electrons. The summed E-state index contributed by atoms with van der Waals surface area (Å²) in [5.41, 5.74) is 1.86. The fraction of sp³-hybridized carbons (Fsp3) is 0.0556. The van der Waals surface area contributed by atoms with E-state index in [1.54, 1.807) is 24.4 Å². The predicted molar refractivity (Wildman–Crippen MR) is 91.2 cm³/mol. The van der Waals surface area contributed by atoms with Crippen LogP contribution in [0.15, 0.2) is 72.9 Å². The van der Waals surface area contributed by atoms with Gasteiger partial charge < -0.3 is 10.1 Å². The van der Waals surface area contributed by atoms with Crippen molar-refractivity contribution in [2.75, 3.05) is 5.32 Å². The number of benzene rings is 2. The molecule has 6 heteroatoms. The van der Waals surface area contributed by atoms with Crippen LogP contribution in [0.4, 0.5) is 11.4 Å². The summed E-state index contributed by atoms with van der Waals surface area (Å²) >= 11 is 0. The lowest BCUT2D eigenvalue weighted by atomic mass is 10.2. The minimum Gasteiger partial charge on any atom is -0.439 e. The smallest absolute Gasteiger partial charge is 0.269 e. The van der Waals surface area contributed by atoms with E-state index in [4.69, 9.17) is 4.74 Å². The van der Waals surface area contributed by atoms with Gasteiger partial charge in [-0.25, -0.2) is 4.98 Å². The molecule has 0 fully saturated rings. The van der Waals surface area contributed by atoms with Crippen molar-refractivity contribution in [3.8, 4) is 11.6 Å². The molecule has 0 saturated heterocycles. The van der Waals surface area contributed by atoms with Gasteiger partial charge in [-0.3, -0.25) is 10.1 Å². The number of aromatic nitrogens is 1. The maximum atomic E-state index is 10.6. The molecule has 1 N–H and O–H groups in total. The zero-order chi connectivity index (χ0) is 16.8. The molecule has 24 heavy (non-hydrogen) atoms. The number of rotatable bonds is 6. The largest absolute Gasteiger partial charge is 0.439 e. The molecule has 3 rings (SSSR count). The highest BCUT2D eigenvalue weighted by Gasteiger charge is 2.04. The predicted octanol–water partition coefficient (Wildman–Crippen LogP) is 4.39. The number of hydrogen-bond acceptors (Lipinski definition) is 5. The average Bonchev–Trinajstić information content (AvgIpc) is 2.62. The Balaban J connectivity index is 1.57. The first-order chi connectivity index (χ1) is 11.7. The Morgan fingerprint density at radius 1 is 1.00 bits per heavy atom. The number of nitro groups is 1. The van der Waals surface area contributed by atoms with Crippen LogP contribution in [0, 0.1) is 10.1 Å². The number of hydrogen-bond donors (Lipinski definition) is 1. The van der Waals surface area contributed by atoms with Crippen molar-refractivity contribution in [1.82, 2.24) is 4.98 Å². The first-order valence-electron chi connectivity index (χ1n) is 7.37. The second-order valence-corrected chi connectivity index (χ2v) is 5.08. The van der Waals surface area contributed by atoms with Gasteiger partial charge in [-0.15, -0.1) is 0 Å². The van der Waals surface area contributed by atoms with E-state index < -0.39 is 4.92 Å². The Kier molecular flexibility index (Phi) is 4.67. The number of para-hydroxylation sites is 1. The maximum Gasteiger partial charge on any atom is 0.269 e. The molecule has 6 nitrogen and oxygen atoms in total. The van der Waals surface area contributed by atoms with Crippen LogP contribution in [0.2, 0.25) is 0 Å². The Morgan fingerprint density at radius 2 is 1.75 bits per heavy atom. The summed E-state index contributed by atoms with van der Waals surface area (Å²) in [5, 5.41) is 13.8. The standard InChI is InChI=1S/C18H15N3O3/c22-21(23)16-9-7-15(8-10-16)19-12-14-6-11-18(20-13-14)24-17-4-2-1-3-5-17/h1-11,13,19H,12H2. The molecule has 1 aromatic heterocycles. The van der Waals surface area contributed by atoms with Crippen LogP contribution < -0.4 is 10.1 Å². The van der Waals surface area contributed by atoms with Crippen LogP contribution in [0.25, 0.3) is 0 Å². The van der Waals surface area contributed by atoms with Gasteiger partial charge in [0.1, 0.15) is 5.75 Å². The van der Waals surface area contributed by atoms with Crippen LogP contribution in [0.3, 0.4) is 0 Å². The number of anilines is 1. The lowest BCUT2D eigenvalue weighted by molar-refractivity contribution is -0.384. The summed E-state index contributed by atoms with van der Waals surface area (Å²) < 4.78 is 5.64. The summed E-state index contributed by atoms with van der Waals surface area (Å²) in [6.45, 7) is 0.566. The summed E-state index contributed by atoms with van der Waals surface area (Å²) in [4.78, 5) is 14.5. The molecule has 0 radical (unpaired) electrons. The molecule has 2 aromatic carbocycles. The van der Waals surface area contributed by atoms with Crippen LogP contribution in [-0.2, 0) is 6.54 Å². The normalized spacial score (nSPS) is 10.2. The molecular weight excluding hydrogens is 306 g/mol. The Morgan fingerprint density at radius 3 is 2.38 bits per heavy atom. The summed E-state index contributed by atoms with van der Waals surface area (Å²) in [5.74, 6) is 1.27. The van der Waals surface area contributed by atoms with E-state index >= 15 is 0 Å². The van der Waals surface area contributed by atoms with Gasteiger partial charge in [0.05, 0.1) is 4.92 Å². The van der Waals surface area contributed by atoms with Gasteiger partial charge in [-0.2, -0.15) is 0 Å². The van der Waals surface area contributed by atoms with E-state index in [0.29, 0.717) is 12.4 Å². The van der Waals surface area contributed by atoms with Gasteiger partial charge in [0.2, 0.25) is 5.88 Å². The van der Waals surface area contributed by atoms with Crippen molar-refractivity contribution in [2.45, 2.75) is 6.54 Å². The van der Waals surface area contributed by atoms with Crippen LogP contribution in [0.5, 0.6) is 11.6 Å². The summed E-state index contributed by atoms with van der Waals surface area (Å²) in [7, 11) is 0. The van der Waals surface area contributed by atoms with Gasteiger partial charge in [-0.05, 0) is 29.8 Å². The third kappa shape index (κ3) is 4.07. The maximum absolute atomic E-state index is 10.6.